The highest BCUT2D eigenvalue weighted by atomic mass is 32.1. The minimum atomic E-state index is -0.371. The zero-order chi connectivity index (χ0) is 21.3. The highest BCUT2D eigenvalue weighted by molar-refractivity contribution is 7.22. The van der Waals surface area contributed by atoms with Gasteiger partial charge in [-0.1, -0.05) is 53.8 Å². The quantitative estimate of drug-likeness (QED) is 0.139. The molecule has 0 aliphatic heterocycles. The average molecular weight is 422 g/mol. The maximum atomic E-state index is 11.1. The highest BCUT2D eigenvalue weighted by Gasteiger charge is 2.11. The molecule has 0 fully saturated rings. The molecule has 3 rings (SSSR count). The van der Waals surface area contributed by atoms with E-state index in [0.717, 1.165) is 46.7 Å². The van der Waals surface area contributed by atoms with Crippen LogP contribution in [0.1, 0.15) is 36.0 Å². The lowest BCUT2D eigenvalue weighted by Gasteiger charge is -2.16. The van der Waals surface area contributed by atoms with E-state index in [0.29, 0.717) is 6.61 Å². The summed E-state index contributed by atoms with van der Waals surface area (Å²) < 4.78 is 6.19. The van der Waals surface area contributed by atoms with Crippen LogP contribution >= 0.6 is 11.3 Å². The molecule has 1 aromatic heterocycles. The number of hydrazone groups is 1. The molecule has 0 saturated carbocycles. The van der Waals surface area contributed by atoms with Crippen molar-refractivity contribution in [3.63, 3.8) is 0 Å². The number of nitrogens with zero attached hydrogens (tertiary/aromatic N) is 3. The van der Waals surface area contributed by atoms with E-state index < -0.39 is 0 Å². The van der Waals surface area contributed by atoms with E-state index in [-0.39, 0.29) is 5.97 Å². The Morgan fingerprint density at radius 3 is 2.83 bits per heavy atom. The van der Waals surface area contributed by atoms with E-state index in [2.05, 4.69) is 44.7 Å². The van der Waals surface area contributed by atoms with Crippen molar-refractivity contribution in [2.24, 2.45) is 5.10 Å². The number of carbonyl (C=O) groups is 1. The van der Waals surface area contributed by atoms with E-state index in [4.69, 9.17) is 14.8 Å². The SMILES string of the molecule is C=CC(=O)OCCCCCN(/N=C/c1cc(C)ccc1C)c1nc2ccccc2s1. The topological polar surface area (TPSA) is 54.8 Å². The summed E-state index contributed by atoms with van der Waals surface area (Å²) in [5.74, 6) is -0.371. The zero-order valence-corrected chi connectivity index (χ0v) is 18.3. The van der Waals surface area contributed by atoms with Crippen molar-refractivity contribution in [1.82, 2.24) is 4.98 Å². The Morgan fingerprint density at radius 2 is 2.03 bits per heavy atom. The largest absolute Gasteiger partial charge is 0.463 e. The van der Waals surface area contributed by atoms with Gasteiger partial charge in [0.1, 0.15) is 0 Å². The van der Waals surface area contributed by atoms with Crippen LogP contribution in [0.25, 0.3) is 10.2 Å². The van der Waals surface area contributed by atoms with Gasteiger partial charge in [0.15, 0.2) is 0 Å². The summed E-state index contributed by atoms with van der Waals surface area (Å²) in [5.41, 5.74) is 4.50. The lowest BCUT2D eigenvalue weighted by molar-refractivity contribution is -0.137. The molecule has 30 heavy (non-hydrogen) atoms. The van der Waals surface area contributed by atoms with E-state index in [1.165, 1.54) is 17.2 Å². The first-order chi connectivity index (χ1) is 14.6. The van der Waals surface area contributed by atoms with Crippen LogP contribution in [0, 0.1) is 13.8 Å². The fourth-order valence-corrected chi connectivity index (χ4v) is 3.93. The maximum Gasteiger partial charge on any atom is 0.330 e. The van der Waals surface area contributed by atoms with Crippen molar-refractivity contribution in [2.45, 2.75) is 33.1 Å². The highest BCUT2D eigenvalue weighted by Crippen LogP contribution is 2.29. The summed E-state index contributed by atoms with van der Waals surface area (Å²) in [5, 5.41) is 7.64. The Bertz CT molecular complexity index is 1010. The molecule has 5 nitrogen and oxygen atoms in total. The van der Waals surface area contributed by atoms with Crippen LogP contribution in [-0.4, -0.2) is 30.3 Å². The molecule has 0 atom stereocenters. The predicted molar refractivity (Wildman–Crippen MR) is 125 cm³/mol. The third-order valence-electron chi connectivity index (χ3n) is 4.70. The number of hydrogen-bond acceptors (Lipinski definition) is 6. The zero-order valence-electron chi connectivity index (χ0n) is 17.5. The Balaban J connectivity index is 1.70. The van der Waals surface area contributed by atoms with Crippen molar-refractivity contribution in [3.05, 3.63) is 71.8 Å². The van der Waals surface area contributed by atoms with Gasteiger partial charge >= 0.3 is 5.97 Å². The van der Waals surface area contributed by atoms with Crippen molar-refractivity contribution in [1.29, 1.82) is 0 Å². The molecule has 0 saturated heterocycles. The van der Waals surface area contributed by atoms with Gasteiger partial charge in [-0.2, -0.15) is 5.10 Å². The molecule has 0 amide bonds. The third kappa shape index (κ3) is 6.00. The second-order valence-corrected chi connectivity index (χ2v) is 8.13. The molecule has 0 bridgehead atoms. The summed E-state index contributed by atoms with van der Waals surface area (Å²) in [6.07, 6.45) is 5.78. The third-order valence-corrected chi connectivity index (χ3v) is 5.75. The van der Waals surface area contributed by atoms with Crippen LogP contribution in [0.5, 0.6) is 0 Å². The number of anilines is 1. The maximum absolute atomic E-state index is 11.1. The summed E-state index contributed by atoms with van der Waals surface area (Å²) >= 11 is 1.64. The van der Waals surface area contributed by atoms with Crippen LogP contribution in [0.2, 0.25) is 0 Å². The molecule has 1 heterocycles. The fraction of sp³-hybridized carbons (Fsp3) is 0.292. The van der Waals surface area contributed by atoms with Crippen molar-refractivity contribution < 1.29 is 9.53 Å². The van der Waals surface area contributed by atoms with E-state index >= 15 is 0 Å². The van der Waals surface area contributed by atoms with Gasteiger partial charge in [0.05, 0.1) is 23.0 Å². The van der Waals surface area contributed by atoms with E-state index in [9.17, 15) is 4.79 Å². The van der Waals surface area contributed by atoms with Crippen LogP contribution in [0.15, 0.2) is 60.2 Å². The van der Waals surface area contributed by atoms with E-state index in [1.54, 1.807) is 11.3 Å². The number of ether oxygens (including phenoxy) is 1. The first kappa shape index (κ1) is 21.7. The van der Waals surface area contributed by atoms with Crippen LogP contribution < -0.4 is 5.01 Å². The summed E-state index contributed by atoms with van der Waals surface area (Å²) in [7, 11) is 0. The summed E-state index contributed by atoms with van der Waals surface area (Å²) in [6, 6.07) is 14.5. The van der Waals surface area contributed by atoms with Gasteiger partial charge in [0, 0.05) is 12.6 Å². The number of rotatable bonds is 10. The molecular formula is C24H27N3O2S. The number of benzene rings is 2. The summed E-state index contributed by atoms with van der Waals surface area (Å²) in [4.78, 5) is 15.9. The molecule has 3 aromatic rings. The number of aromatic nitrogens is 1. The number of aryl methyl sites for hydroxylation is 2. The van der Waals surface area contributed by atoms with Gasteiger partial charge in [0.25, 0.3) is 0 Å². The van der Waals surface area contributed by atoms with Crippen LogP contribution in [0.4, 0.5) is 5.13 Å². The number of hydrogen-bond donors (Lipinski definition) is 0. The molecule has 2 aromatic carbocycles. The van der Waals surface area contributed by atoms with Gasteiger partial charge in [-0.15, -0.1) is 0 Å². The number of para-hydroxylation sites is 1. The molecule has 0 spiro atoms. The number of thiazole rings is 1. The number of unbranched alkanes of at least 4 members (excludes halogenated alkanes) is 2. The molecule has 0 radical (unpaired) electrons. The average Bonchev–Trinajstić information content (AvgIpc) is 3.18. The van der Waals surface area contributed by atoms with E-state index in [1.807, 2.05) is 29.4 Å². The van der Waals surface area contributed by atoms with Gasteiger partial charge in [-0.3, -0.25) is 0 Å². The van der Waals surface area contributed by atoms with Crippen molar-refractivity contribution in [3.8, 4) is 0 Å². The van der Waals surface area contributed by atoms with Crippen molar-refractivity contribution >= 4 is 38.9 Å². The Hall–Kier alpha value is -2.99. The molecule has 6 heteroatoms. The molecule has 0 aliphatic rings. The normalized spacial score (nSPS) is 11.1. The Kier molecular flexibility index (Phi) is 7.74. The lowest BCUT2D eigenvalue weighted by atomic mass is 10.1. The fourth-order valence-electron chi connectivity index (χ4n) is 2.98. The summed E-state index contributed by atoms with van der Waals surface area (Å²) in [6.45, 7) is 8.74. The molecule has 0 unspecified atom stereocenters. The Labute approximate surface area is 181 Å². The minimum absolute atomic E-state index is 0.371. The minimum Gasteiger partial charge on any atom is -0.463 e. The standard InChI is InChI=1S/C24H27N3O2S/c1-4-23(28)29-15-9-5-8-14-27(24-26-21-10-6-7-11-22(21)30-24)25-17-20-16-18(2)12-13-19(20)3/h4,6-7,10-13,16-17H,1,5,8-9,14-15H2,2-3H3/b25-17+. The second-order valence-electron chi connectivity index (χ2n) is 7.12. The molecular weight excluding hydrogens is 394 g/mol. The smallest absolute Gasteiger partial charge is 0.330 e. The van der Waals surface area contributed by atoms with Crippen LogP contribution in [-0.2, 0) is 9.53 Å². The number of fused-ring (bicyclic) bond motifs is 1. The first-order valence-corrected chi connectivity index (χ1v) is 10.9. The monoisotopic (exact) mass is 421 g/mol. The van der Waals surface area contributed by atoms with Gasteiger partial charge in [-0.05, 0) is 56.4 Å². The second kappa shape index (κ2) is 10.7. The molecule has 0 N–H and O–H groups in total. The van der Waals surface area contributed by atoms with Crippen molar-refractivity contribution in [2.75, 3.05) is 18.2 Å². The van der Waals surface area contributed by atoms with Gasteiger partial charge < -0.3 is 4.74 Å². The van der Waals surface area contributed by atoms with Gasteiger partial charge in [-0.25, -0.2) is 14.8 Å². The van der Waals surface area contributed by atoms with Crippen LogP contribution in [0.3, 0.4) is 0 Å². The first-order valence-electron chi connectivity index (χ1n) is 10.1. The van der Waals surface area contributed by atoms with Gasteiger partial charge in [0.2, 0.25) is 5.13 Å². The lowest BCUT2D eigenvalue weighted by Crippen LogP contribution is -2.18. The number of carbonyl (C=O) groups excluding carboxylic acids is 1. The molecule has 156 valence electrons. The molecule has 0 aliphatic carbocycles. The predicted octanol–water partition coefficient (Wildman–Crippen LogP) is 5.65. The number of esters is 1. The Morgan fingerprint density at radius 1 is 1.20 bits per heavy atom.